The van der Waals surface area contributed by atoms with Crippen molar-refractivity contribution in [3.63, 3.8) is 0 Å². The largest absolute Gasteiger partial charge is 0.476 e. The smallest absolute Gasteiger partial charge is 0.239 e. The fourth-order valence-corrected chi connectivity index (χ4v) is 1.43. The Bertz CT molecular complexity index is 396. The van der Waals surface area contributed by atoms with Gasteiger partial charge in [-0.15, -0.1) is 0 Å². The summed E-state index contributed by atoms with van der Waals surface area (Å²) in [6, 6.07) is 3.72. The number of aliphatic hydroxyl groups is 1. The van der Waals surface area contributed by atoms with Gasteiger partial charge in [-0.05, 0) is 30.9 Å². The second kappa shape index (κ2) is 7.19. The second-order valence-corrected chi connectivity index (χ2v) is 5.39. The number of ether oxygens (including phenoxy) is 1. The third kappa shape index (κ3) is 4.95. The minimum absolute atomic E-state index is 0.124. The molecule has 0 spiro atoms. The normalized spacial score (nSPS) is 14.2. The van der Waals surface area contributed by atoms with E-state index in [2.05, 4.69) is 24.1 Å². The van der Waals surface area contributed by atoms with E-state index in [9.17, 15) is 0 Å². The lowest BCUT2D eigenvalue weighted by Gasteiger charge is -2.20. The lowest BCUT2D eigenvalue weighted by Crippen LogP contribution is -2.26. The first kappa shape index (κ1) is 15.6. The highest BCUT2D eigenvalue weighted by molar-refractivity contribution is 5.53. The van der Waals surface area contributed by atoms with Crippen LogP contribution in [0.25, 0.3) is 0 Å². The molecule has 4 N–H and O–H groups in total. The molecule has 0 saturated heterocycles. The summed E-state index contributed by atoms with van der Waals surface area (Å²) in [5, 5.41) is 12.4. The zero-order chi connectivity index (χ0) is 14.4. The van der Waals surface area contributed by atoms with Gasteiger partial charge in [-0.1, -0.05) is 20.8 Å². The van der Waals surface area contributed by atoms with E-state index in [0.717, 1.165) is 0 Å². The van der Waals surface area contributed by atoms with Crippen LogP contribution in [0.3, 0.4) is 0 Å². The molecule has 1 aromatic heterocycles. The van der Waals surface area contributed by atoms with Gasteiger partial charge >= 0.3 is 0 Å². The Morgan fingerprint density at radius 3 is 2.58 bits per heavy atom. The number of aliphatic hydroxyl groups excluding tert-OH is 1. The second-order valence-electron chi connectivity index (χ2n) is 5.39. The highest BCUT2D eigenvalue weighted by Crippen LogP contribution is 2.22. The van der Waals surface area contributed by atoms with Gasteiger partial charge < -0.3 is 20.9 Å². The summed E-state index contributed by atoms with van der Waals surface area (Å²) in [7, 11) is 0. The van der Waals surface area contributed by atoms with E-state index in [-0.39, 0.29) is 18.6 Å². The van der Waals surface area contributed by atoms with Gasteiger partial charge in [-0.25, -0.2) is 0 Å². The maximum atomic E-state index is 9.12. The Morgan fingerprint density at radius 1 is 1.32 bits per heavy atom. The predicted octanol–water partition coefficient (Wildman–Crippen LogP) is 2.13. The standard InChI is InChI=1S/C14H25N3O2/c1-9(2)8-19-14-12(15)5-6-13(17-14)16-11(4)10(3)7-18/h5-6,9-11,18H,7-8,15H2,1-4H3,(H,16,17). The van der Waals surface area contributed by atoms with Gasteiger partial charge in [0, 0.05) is 12.6 Å². The minimum atomic E-state index is 0.124. The molecule has 19 heavy (non-hydrogen) atoms. The molecule has 1 heterocycles. The van der Waals surface area contributed by atoms with Gasteiger partial charge in [0.25, 0.3) is 0 Å². The van der Waals surface area contributed by atoms with Crippen LogP contribution in [0.5, 0.6) is 5.88 Å². The van der Waals surface area contributed by atoms with Gasteiger partial charge in [0.05, 0.1) is 12.3 Å². The SMILES string of the molecule is CC(C)COc1nc(NC(C)C(C)CO)ccc1N. The number of nitrogens with zero attached hydrogens (tertiary/aromatic N) is 1. The summed E-state index contributed by atoms with van der Waals surface area (Å²) in [6.07, 6.45) is 0. The highest BCUT2D eigenvalue weighted by Gasteiger charge is 2.12. The number of hydrogen-bond donors (Lipinski definition) is 3. The number of pyridine rings is 1. The maximum Gasteiger partial charge on any atom is 0.239 e. The molecular formula is C14H25N3O2. The van der Waals surface area contributed by atoms with Crippen molar-refractivity contribution in [1.29, 1.82) is 0 Å². The highest BCUT2D eigenvalue weighted by atomic mass is 16.5. The van der Waals surface area contributed by atoms with E-state index >= 15 is 0 Å². The molecule has 0 radical (unpaired) electrons. The summed E-state index contributed by atoms with van der Waals surface area (Å²) >= 11 is 0. The topological polar surface area (TPSA) is 80.4 Å². The molecule has 0 saturated carbocycles. The van der Waals surface area contributed by atoms with Crippen molar-refractivity contribution < 1.29 is 9.84 Å². The number of nitrogen functional groups attached to an aromatic ring is 1. The van der Waals surface area contributed by atoms with E-state index in [0.29, 0.717) is 29.9 Å². The fourth-order valence-electron chi connectivity index (χ4n) is 1.43. The van der Waals surface area contributed by atoms with E-state index < -0.39 is 0 Å². The number of anilines is 2. The van der Waals surface area contributed by atoms with Crippen molar-refractivity contribution in [3.8, 4) is 5.88 Å². The van der Waals surface area contributed by atoms with Gasteiger partial charge in [0.2, 0.25) is 5.88 Å². The molecule has 5 heteroatoms. The quantitative estimate of drug-likeness (QED) is 0.705. The lowest BCUT2D eigenvalue weighted by molar-refractivity contribution is 0.226. The molecule has 2 atom stereocenters. The Labute approximate surface area is 115 Å². The van der Waals surface area contributed by atoms with Crippen LogP contribution >= 0.6 is 0 Å². The van der Waals surface area contributed by atoms with Gasteiger partial charge in [-0.3, -0.25) is 0 Å². The van der Waals surface area contributed by atoms with Gasteiger partial charge in [-0.2, -0.15) is 4.98 Å². The van der Waals surface area contributed by atoms with Crippen LogP contribution in [0.1, 0.15) is 27.7 Å². The number of aromatic nitrogens is 1. The lowest BCUT2D eigenvalue weighted by atomic mass is 10.1. The molecule has 0 aromatic carbocycles. The van der Waals surface area contributed by atoms with Crippen LogP contribution in [0.15, 0.2) is 12.1 Å². The molecule has 0 aliphatic rings. The van der Waals surface area contributed by atoms with Gasteiger partial charge in [0.1, 0.15) is 5.82 Å². The van der Waals surface area contributed by atoms with Crippen LogP contribution < -0.4 is 15.8 Å². The molecule has 0 amide bonds. The average Bonchev–Trinajstić information content (AvgIpc) is 2.38. The minimum Gasteiger partial charge on any atom is -0.476 e. The number of nitrogens with one attached hydrogen (secondary N) is 1. The average molecular weight is 267 g/mol. The van der Waals surface area contributed by atoms with Crippen molar-refractivity contribution in [2.75, 3.05) is 24.3 Å². The monoisotopic (exact) mass is 267 g/mol. The number of rotatable bonds is 7. The van der Waals surface area contributed by atoms with Crippen molar-refractivity contribution in [2.45, 2.75) is 33.7 Å². The van der Waals surface area contributed by atoms with Crippen molar-refractivity contribution >= 4 is 11.5 Å². The first-order valence-corrected chi connectivity index (χ1v) is 6.70. The summed E-state index contributed by atoms with van der Waals surface area (Å²) in [4.78, 5) is 4.36. The molecule has 1 aromatic rings. The molecule has 0 bridgehead atoms. The first-order valence-electron chi connectivity index (χ1n) is 6.70. The van der Waals surface area contributed by atoms with Crippen molar-refractivity contribution in [3.05, 3.63) is 12.1 Å². The fraction of sp³-hybridized carbons (Fsp3) is 0.643. The summed E-state index contributed by atoms with van der Waals surface area (Å²) in [5.74, 6) is 1.74. The van der Waals surface area contributed by atoms with E-state index in [1.807, 2.05) is 19.9 Å². The third-order valence-corrected chi connectivity index (χ3v) is 2.96. The Hall–Kier alpha value is -1.49. The third-order valence-electron chi connectivity index (χ3n) is 2.96. The van der Waals surface area contributed by atoms with Crippen LogP contribution in [0.2, 0.25) is 0 Å². The Balaban J connectivity index is 2.72. The van der Waals surface area contributed by atoms with E-state index in [1.165, 1.54) is 0 Å². The number of nitrogens with two attached hydrogens (primary N) is 1. The predicted molar refractivity (Wildman–Crippen MR) is 78.3 cm³/mol. The van der Waals surface area contributed by atoms with Crippen LogP contribution in [0, 0.1) is 11.8 Å². The number of hydrogen-bond acceptors (Lipinski definition) is 5. The van der Waals surface area contributed by atoms with Crippen LogP contribution in [-0.4, -0.2) is 29.3 Å². The Kier molecular flexibility index (Phi) is 5.89. The summed E-state index contributed by atoms with van der Waals surface area (Å²) < 4.78 is 5.58. The van der Waals surface area contributed by atoms with E-state index in [4.69, 9.17) is 15.6 Å². The van der Waals surface area contributed by atoms with Crippen molar-refractivity contribution in [2.24, 2.45) is 11.8 Å². The van der Waals surface area contributed by atoms with Gasteiger partial charge in [0.15, 0.2) is 0 Å². The molecule has 0 aliphatic carbocycles. The molecule has 0 aliphatic heterocycles. The molecule has 5 nitrogen and oxygen atoms in total. The van der Waals surface area contributed by atoms with Crippen molar-refractivity contribution in [1.82, 2.24) is 4.98 Å². The molecule has 108 valence electrons. The van der Waals surface area contributed by atoms with Crippen LogP contribution in [-0.2, 0) is 0 Å². The summed E-state index contributed by atoms with van der Waals surface area (Å²) in [6.45, 7) is 8.86. The zero-order valence-corrected chi connectivity index (χ0v) is 12.2. The molecular weight excluding hydrogens is 242 g/mol. The van der Waals surface area contributed by atoms with Crippen LogP contribution in [0.4, 0.5) is 11.5 Å². The summed E-state index contributed by atoms with van der Waals surface area (Å²) in [5.41, 5.74) is 6.37. The van der Waals surface area contributed by atoms with E-state index in [1.54, 1.807) is 6.07 Å². The Morgan fingerprint density at radius 2 is 2.00 bits per heavy atom. The maximum absolute atomic E-state index is 9.12. The molecule has 0 fully saturated rings. The first-order chi connectivity index (χ1) is 8.93. The molecule has 1 rings (SSSR count). The zero-order valence-electron chi connectivity index (χ0n) is 12.2. The molecule has 2 unspecified atom stereocenters.